The molecule has 5 nitrogen and oxygen atoms in total. The van der Waals surface area contributed by atoms with Crippen molar-refractivity contribution >= 4 is 17.5 Å². The number of anilines is 1. The summed E-state index contributed by atoms with van der Waals surface area (Å²) >= 11 is 0. The van der Waals surface area contributed by atoms with E-state index in [1.165, 1.54) is 0 Å². The zero-order chi connectivity index (χ0) is 17.5. The van der Waals surface area contributed by atoms with Crippen LogP contribution in [0.1, 0.15) is 40.9 Å². The van der Waals surface area contributed by atoms with Crippen LogP contribution in [0.15, 0.2) is 48.5 Å². The van der Waals surface area contributed by atoms with Crippen molar-refractivity contribution in [3.05, 3.63) is 65.2 Å². The molecule has 2 aromatic rings. The predicted octanol–water partition coefficient (Wildman–Crippen LogP) is 2.77. The van der Waals surface area contributed by atoms with E-state index >= 15 is 0 Å². The summed E-state index contributed by atoms with van der Waals surface area (Å²) in [7, 11) is 0. The van der Waals surface area contributed by atoms with E-state index in [4.69, 9.17) is 5.73 Å². The molecule has 2 rings (SSSR count). The zero-order valence-electron chi connectivity index (χ0n) is 14.0. The van der Waals surface area contributed by atoms with Crippen LogP contribution in [0.5, 0.6) is 0 Å². The lowest BCUT2D eigenvalue weighted by Gasteiger charge is -2.14. The Morgan fingerprint density at radius 1 is 1.12 bits per heavy atom. The third-order valence-electron chi connectivity index (χ3n) is 3.73. The first-order valence-corrected chi connectivity index (χ1v) is 8.00. The molecular formula is C19H23N3O2. The Hall–Kier alpha value is -2.66. The largest absolute Gasteiger partial charge is 0.352 e. The van der Waals surface area contributed by atoms with E-state index in [0.29, 0.717) is 17.8 Å². The Balaban J connectivity index is 2.00. The molecule has 0 saturated heterocycles. The molecule has 126 valence electrons. The first kappa shape index (κ1) is 17.7. The summed E-state index contributed by atoms with van der Waals surface area (Å²) < 4.78 is 0. The number of hydrogen-bond acceptors (Lipinski definition) is 3. The molecule has 1 unspecified atom stereocenters. The molecule has 0 bridgehead atoms. The lowest BCUT2D eigenvalue weighted by atomic mass is 10.0. The second-order valence-corrected chi connectivity index (χ2v) is 5.66. The number of benzene rings is 2. The first-order valence-electron chi connectivity index (χ1n) is 8.00. The number of nitrogens with one attached hydrogen (secondary N) is 2. The van der Waals surface area contributed by atoms with E-state index in [0.717, 1.165) is 11.1 Å². The molecule has 0 heterocycles. The Kier molecular flexibility index (Phi) is 6.09. The average molecular weight is 325 g/mol. The molecular weight excluding hydrogens is 302 g/mol. The number of carbonyl (C=O) groups is 2. The number of amides is 2. The van der Waals surface area contributed by atoms with Crippen LogP contribution in [0.4, 0.5) is 5.69 Å². The van der Waals surface area contributed by atoms with Crippen molar-refractivity contribution in [1.82, 2.24) is 5.32 Å². The van der Waals surface area contributed by atoms with Crippen LogP contribution >= 0.6 is 0 Å². The zero-order valence-corrected chi connectivity index (χ0v) is 14.0. The minimum atomic E-state index is -0.346. The third kappa shape index (κ3) is 4.67. The molecule has 0 aliphatic heterocycles. The van der Waals surface area contributed by atoms with Gasteiger partial charge in [-0.1, -0.05) is 30.3 Å². The van der Waals surface area contributed by atoms with Crippen molar-refractivity contribution in [3.8, 4) is 0 Å². The first-order chi connectivity index (χ1) is 11.5. The van der Waals surface area contributed by atoms with E-state index in [1.807, 2.05) is 44.2 Å². The van der Waals surface area contributed by atoms with Crippen LogP contribution in [0.25, 0.3) is 0 Å². The number of carbonyl (C=O) groups excluding carboxylic acids is 2. The van der Waals surface area contributed by atoms with Gasteiger partial charge in [0.2, 0.25) is 5.91 Å². The standard InChI is InChI=1S/C19H23N3O2/c1-3-21-19(24)15-9-10-17(13(2)11-15)22-18(23)12-16(20)14-7-5-4-6-8-14/h4-11,16H,3,12,20H2,1-2H3,(H,21,24)(H,22,23). The van der Waals surface area contributed by atoms with E-state index < -0.39 is 0 Å². The second kappa shape index (κ2) is 8.26. The van der Waals surface area contributed by atoms with Crippen molar-refractivity contribution < 1.29 is 9.59 Å². The number of hydrogen-bond donors (Lipinski definition) is 3. The monoisotopic (exact) mass is 325 g/mol. The third-order valence-corrected chi connectivity index (χ3v) is 3.73. The van der Waals surface area contributed by atoms with Gasteiger partial charge in [0, 0.05) is 30.3 Å². The van der Waals surface area contributed by atoms with Gasteiger partial charge in [0.25, 0.3) is 5.91 Å². The topological polar surface area (TPSA) is 84.2 Å². The summed E-state index contributed by atoms with van der Waals surface area (Å²) in [6.45, 7) is 4.30. The van der Waals surface area contributed by atoms with Gasteiger partial charge in [-0.3, -0.25) is 9.59 Å². The summed E-state index contributed by atoms with van der Waals surface area (Å²) in [4.78, 5) is 24.0. The highest BCUT2D eigenvalue weighted by Gasteiger charge is 2.13. The molecule has 0 aliphatic carbocycles. The average Bonchev–Trinajstić information content (AvgIpc) is 2.57. The fourth-order valence-electron chi connectivity index (χ4n) is 2.43. The van der Waals surface area contributed by atoms with Crippen LogP contribution in [-0.4, -0.2) is 18.4 Å². The maximum absolute atomic E-state index is 12.2. The molecule has 24 heavy (non-hydrogen) atoms. The van der Waals surface area contributed by atoms with Crippen LogP contribution in [0.2, 0.25) is 0 Å². The van der Waals surface area contributed by atoms with Gasteiger partial charge >= 0.3 is 0 Å². The van der Waals surface area contributed by atoms with Gasteiger partial charge in [0.05, 0.1) is 0 Å². The van der Waals surface area contributed by atoms with Crippen molar-refractivity contribution in [1.29, 1.82) is 0 Å². The molecule has 1 atom stereocenters. The van der Waals surface area contributed by atoms with Crippen LogP contribution < -0.4 is 16.4 Å². The van der Waals surface area contributed by atoms with E-state index in [9.17, 15) is 9.59 Å². The number of rotatable bonds is 6. The Bertz CT molecular complexity index is 714. The summed E-state index contributed by atoms with van der Waals surface area (Å²) in [6.07, 6.45) is 0.196. The smallest absolute Gasteiger partial charge is 0.251 e. The van der Waals surface area contributed by atoms with Gasteiger partial charge in [0.15, 0.2) is 0 Å². The fourth-order valence-corrected chi connectivity index (χ4v) is 2.43. The summed E-state index contributed by atoms with van der Waals surface area (Å²) in [6, 6.07) is 14.4. The molecule has 4 N–H and O–H groups in total. The maximum atomic E-state index is 12.2. The van der Waals surface area contributed by atoms with Gasteiger partial charge in [-0.15, -0.1) is 0 Å². The molecule has 0 fully saturated rings. The molecule has 0 spiro atoms. The molecule has 0 aromatic heterocycles. The molecule has 0 aliphatic rings. The van der Waals surface area contributed by atoms with Crippen LogP contribution in [-0.2, 0) is 4.79 Å². The fraction of sp³-hybridized carbons (Fsp3) is 0.263. The van der Waals surface area contributed by atoms with Crippen molar-refractivity contribution in [2.24, 2.45) is 5.73 Å². The number of nitrogens with two attached hydrogens (primary N) is 1. The predicted molar refractivity (Wildman–Crippen MR) is 95.8 cm³/mol. The summed E-state index contributed by atoms with van der Waals surface area (Å²) in [5.74, 6) is -0.273. The van der Waals surface area contributed by atoms with Gasteiger partial charge in [-0.25, -0.2) is 0 Å². The van der Waals surface area contributed by atoms with Crippen LogP contribution in [0, 0.1) is 6.92 Å². The van der Waals surface area contributed by atoms with Gasteiger partial charge in [0.1, 0.15) is 0 Å². The lowest BCUT2D eigenvalue weighted by Crippen LogP contribution is -2.23. The number of aryl methyl sites for hydroxylation is 1. The quantitative estimate of drug-likeness (QED) is 0.763. The Morgan fingerprint density at radius 2 is 1.83 bits per heavy atom. The van der Waals surface area contributed by atoms with Crippen LogP contribution in [0.3, 0.4) is 0 Å². The Labute approximate surface area is 142 Å². The minimum absolute atomic E-state index is 0.121. The van der Waals surface area contributed by atoms with Gasteiger partial charge < -0.3 is 16.4 Å². The maximum Gasteiger partial charge on any atom is 0.251 e. The van der Waals surface area contributed by atoms with Gasteiger partial charge in [-0.05, 0) is 43.2 Å². The molecule has 5 heteroatoms. The molecule has 2 amide bonds. The van der Waals surface area contributed by atoms with Gasteiger partial charge in [-0.2, -0.15) is 0 Å². The van der Waals surface area contributed by atoms with Crippen molar-refractivity contribution in [3.63, 3.8) is 0 Å². The lowest BCUT2D eigenvalue weighted by molar-refractivity contribution is -0.116. The normalized spacial score (nSPS) is 11.6. The SMILES string of the molecule is CCNC(=O)c1ccc(NC(=O)CC(N)c2ccccc2)c(C)c1. The molecule has 0 radical (unpaired) electrons. The summed E-state index contributed by atoms with van der Waals surface area (Å²) in [5, 5.41) is 5.61. The van der Waals surface area contributed by atoms with E-state index in [-0.39, 0.29) is 24.3 Å². The highest BCUT2D eigenvalue weighted by Crippen LogP contribution is 2.19. The van der Waals surface area contributed by atoms with E-state index in [1.54, 1.807) is 18.2 Å². The second-order valence-electron chi connectivity index (χ2n) is 5.66. The van der Waals surface area contributed by atoms with Crippen molar-refractivity contribution in [2.45, 2.75) is 26.3 Å². The Morgan fingerprint density at radius 3 is 2.46 bits per heavy atom. The highest BCUT2D eigenvalue weighted by molar-refractivity contribution is 5.96. The minimum Gasteiger partial charge on any atom is -0.352 e. The van der Waals surface area contributed by atoms with Crippen molar-refractivity contribution in [2.75, 3.05) is 11.9 Å². The molecule has 2 aromatic carbocycles. The molecule has 0 saturated carbocycles. The summed E-state index contributed by atoms with van der Waals surface area (Å²) in [5.41, 5.74) is 9.10. The van der Waals surface area contributed by atoms with E-state index in [2.05, 4.69) is 10.6 Å². The highest BCUT2D eigenvalue weighted by atomic mass is 16.2.